The van der Waals surface area contributed by atoms with Gasteiger partial charge >= 0.3 is 0 Å². The molecule has 13 rings (SSSR count). The summed E-state index contributed by atoms with van der Waals surface area (Å²) in [6.45, 7) is 0. The molecular formula is C55H34N2. The van der Waals surface area contributed by atoms with Crippen LogP contribution in [0.2, 0.25) is 0 Å². The number of para-hydroxylation sites is 4. The van der Waals surface area contributed by atoms with E-state index >= 15 is 0 Å². The summed E-state index contributed by atoms with van der Waals surface area (Å²) in [5.74, 6) is 0. The van der Waals surface area contributed by atoms with Gasteiger partial charge in [-0.3, -0.25) is 0 Å². The predicted molar refractivity (Wildman–Crippen MR) is 237 cm³/mol. The molecular weight excluding hydrogens is 689 g/mol. The van der Waals surface area contributed by atoms with E-state index in [1.165, 1.54) is 111 Å². The maximum atomic E-state index is 2.51. The van der Waals surface area contributed by atoms with E-state index in [2.05, 4.69) is 215 Å². The van der Waals surface area contributed by atoms with E-state index in [4.69, 9.17) is 0 Å². The fourth-order valence-electron chi connectivity index (χ4n) is 10.7. The highest BCUT2D eigenvalue weighted by Crippen LogP contribution is 2.63. The van der Waals surface area contributed by atoms with E-state index in [9.17, 15) is 0 Å². The largest absolute Gasteiger partial charge is 0.309 e. The van der Waals surface area contributed by atoms with Gasteiger partial charge in [0.15, 0.2) is 0 Å². The molecule has 0 saturated heterocycles. The molecule has 0 atom stereocenters. The summed E-state index contributed by atoms with van der Waals surface area (Å²) >= 11 is 0. The number of fused-ring (bicyclic) bond motifs is 16. The lowest BCUT2D eigenvalue weighted by Gasteiger charge is -2.31. The Bertz CT molecular complexity index is 3370. The predicted octanol–water partition coefficient (Wildman–Crippen LogP) is 13.9. The van der Waals surface area contributed by atoms with Crippen LogP contribution in [0.4, 0.5) is 0 Å². The zero-order chi connectivity index (χ0) is 37.2. The molecule has 0 amide bonds. The third kappa shape index (κ3) is 3.99. The van der Waals surface area contributed by atoms with Gasteiger partial charge in [0.1, 0.15) is 0 Å². The Labute approximate surface area is 330 Å². The van der Waals surface area contributed by atoms with E-state index in [1.54, 1.807) is 0 Å². The number of hydrogen-bond donors (Lipinski definition) is 0. The molecule has 2 aliphatic carbocycles. The van der Waals surface area contributed by atoms with E-state index in [-0.39, 0.29) is 0 Å². The van der Waals surface area contributed by atoms with Crippen molar-refractivity contribution in [2.75, 3.05) is 0 Å². The van der Waals surface area contributed by atoms with Crippen molar-refractivity contribution >= 4 is 43.6 Å². The van der Waals surface area contributed by atoms with E-state index in [0.717, 1.165) is 0 Å². The maximum absolute atomic E-state index is 2.51. The van der Waals surface area contributed by atoms with Crippen LogP contribution in [0.5, 0.6) is 0 Å². The maximum Gasteiger partial charge on any atom is 0.0726 e. The molecule has 9 aromatic carbocycles. The molecule has 264 valence electrons. The van der Waals surface area contributed by atoms with Crippen LogP contribution in [0.3, 0.4) is 0 Å². The molecule has 11 aromatic rings. The summed E-state index contributed by atoms with van der Waals surface area (Å²) in [5, 5.41) is 5.07. The Morgan fingerprint density at radius 1 is 0.263 bits per heavy atom. The zero-order valence-corrected chi connectivity index (χ0v) is 31.0. The van der Waals surface area contributed by atoms with Gasteiger partial charge in [-0.1, -0.05) is 146 Å². The fraction of sp³-hybridized carbons (Fsp3) is 0.0182. The molecule has 0 bridgehead atoms. The molecule has 0 saturated carbocycles. The number of rotatable bonds is 3. The highest BCUT2D eigenvalue weighted by atomic mass is 15.0. The van der Waals surface area contributed by atoms with Crippen molar-refractivity contribution in [1.29, 1.82) is 0 Å². The van der Waals surface area contributed by atoms with E-state index < -0.39 is 5.41 Å². The Balaban J connectivity index is 1.07. The van der Waals surface area contributed by atoms with Gasteiger partial charge in [0.25, 0.3) is 0 Å². The van der Waals surface area contributed by atoms with Crippen molar-refractivity contribution in [2.45, 2.75) is 5.41 Å². The second-order valence-corrected chi connectivity index (χ2v) is 15.6. The minimum atomic E-state index is -0.476. The average molecular weight is 723 g/mol. The Hall–Kier alpha value is -7.42. The lowest BCUT2D eigenvalue weighted by Crippen LogP contribution is -2.26. The summed E-state index contributed by atoms with van der Waals surface area (Å²) in [4.78, 5) is 0. The number of hydrogen-bond acceptors (Lipinski definition) is 0. The second kappa shape index (κ2) is 11.3. The smallest absolute Gasteiger partial charge is 0.0726 e. The minimum Gasteiger partial charge on any atom is -0.309 e. The summed E-state index contributed by atoms with van der Waals surface area (Å²) in [7, 11) is 0. The summed E-state index contributed by atoms with van der Waals surface area (Å²) in [5.41, 5.74) is 19.8. The summed E-state index contributed by atoms with van der Waals surface area (Å²) in [6.07, 6.45) is 0. The van der Waals surface area contributed by atoms with Crippen molar-refractivity contribution < 1.29 is 0 Å². The van der Waals surface area contributed by atoms with Crippen LogP contribution in [0.15, 0.2) is 206 Å². The third-order valence-corrected chi connectivity index (χ3v) is 12.9. The van der Waals surface area contributed by atoms with Gasteiger partial charge in [-0.15, -0.1) is 0 Å². The first-order valence-electron chi connectivity index (χ1n) is 19.9. The van der Waals surface area contributed by atoms with Crippen LogP contribution >= 0.6 is 0 Å². The molecule has 2 heterocycles. The third-order valence-electron chi connectivity index (χ3n) is 12.9. The Morgan fingerprint density at radius 2 is 0.702 bits per heavy atom. The Kier molecular flexibility index (Phi) is 6.13. The lowest BCUT2D eigenvalue weighted by atomic mass is 9.70. The van der Waals surface area contributed by atoms with Crippen molar-refractivity contribution in [3.63, 3.8) is 0 Å². The molecule has 0 fully saturated rings. The molecule has 0 aliphatic heterocycles. The minimum absolute atomic E-state index is 0.476. The zero-order valence-electron chi connectivity index (χ0n) is 31.0. The van der Waals surface area contributed by atoms with Crippen molar-refractivity contribution in [3.05, 3.63) is 229 Å². The molecule has 2 aliphatic rings. The molecule has 1 spiro atoms. The monoisotopic (exact) mass is 722 g/mol. The molecule has 0 radical (unpaired) electrons. The SMILES string of the molecule is c1ccc(-n2c3ccccc3c3cc(-c4ccc5c(c4)C4(c6ccccc6-c6ccccc64)c4cc(-n6c7ccccc7c7ccccc76)ccc4-5)ccc32)cc1. The number of nitrogens with zero attached hydrogens (tertiary/aromatic N) is 2. The quantitative estimate of drug-likeness (QED) is 0.172. The molecule has 0 N–H and O–H groups in total. The van der Waals surface area contributed by atoms with Crippen LogP contribution in [0, 0.1) is 0 Å². The van der Waals surface area contributed by atoms with Crippen molar-refractivity contribution in [1.82, 2.24) is 9.13 Å². The van der Waals surface area contributed by atoms with E-state index in [0.29, 0.717) is 0 Å². The van der Waals surface area contributed by atoms with Gasteiger partial charge in [0, 0.05) is 32.9 Å². The van der Waals surface area contributed by atoms with Gasteiger partial charge < -0.3 is 9.13 Å². The standard InChI is InChI=1S/C55H34N2/c1-2-14-37(15-3-1)56-53-25-13-8-20-45(53)46-32-35(27-31-54(46)56)36-26-29-41-42-30-28-38(57-51-23-11-6-18-43(51)44-19-7-12-24-52(44)57)34-50(42)55(49(41)33-36)47-21-9-4-16-39(47)40-17-5-10-22-48(40)55/h1-34H. The number of aromatic nitrogens is 2. The second-order valence-electron chi connectivity index (χ2n) is 15.6. The van der Waals surface area contributed by atoms with Gasteiger partial charge in [0.2, 0.25) is 0 Å². The molecule has 57 heavy (non-hydrogen) atoms. The van der Waals surface area contributed by atoms with Gasteiger partial charge in [-0.05, 0) is 116 Å². The highest BCUT2D eigenvalue weighted by molar-refractivity contribution is 6.11. The lowest BCUT2D eigenvalue weighted by molar-refractivity contribution is 0.793. The normalized spacial score (nSPS) is 13.4. The van der Waals surface area contributed by atoms with Gasteiger partial charge in [-0.25, -0.2) is 0 Å². The topological polar surface area (TPSA) is 9.86 Å². The molecule has 2 aromatic heterocycles. The first-order valence-corrected chi connectivity index (χ1v) is 19.9. The van der Waals surface area contributed by atoms with Crippen LogP contribution in [0.1, 0.15) is 22.3 Å². The first kappa shape index (κ1) is 30.9. The molecule has 2 nitrogen and oxygen atoms in total. The average Bonchev–Trinajstić information content (AvgIpc) is 3.98. The van der Waals surface area contributed by atoms with Crippen LogP contribution < -0.4 is 0 Å². The summed E-state index contributed by atoms with van der Waals surface area (Å²) in [6, 6.07) is 76.8. The van der Waals surface area contributed by atoms with Gasteiger partial charge in [0.05, 0.1) is 27.5 Å². The molecule has 2 heteroatoms. The van der Waals surface area contributed by atoms with E-state index in [1.807, 2.05) is 0 Å². The van der Waals surface area contributed by atoms with Gasteiger partial charge in [-0.2, -0.15) is 0 Å². The molecule has 0 unspecified atom stereocenters. The fourth-order valence-corrected chi connectivity index (χ4v) is 10.7. The van der Waals surface area contributed by atoms with Crippen LogP contribution in [-0.2, 0) is 5.41 Å². The first-order chi connectivity index (χ1) is 28.3. The Morgan fingerprint density at radius 3 is 1.35 bits per heavy atom. The van der Waals surface area contributed by atoms with Crippen LogP contribution in [-0.4, -0.2) is 9.13 Å². The highest BCUT2D eigenvalue weighted by Gasteiger charge is 2.51. The van der Waals surface area contributed by atoms with Crippen molar-refractivity contribution in [3.8, 4) is 44.8 Å². The van der Waals surface area contributed by atoms with Crippen LogP contribution in [0.25, 0.3) is 88.4 Å². The number of benzene rings is 9. The van der Waals surface area contributed by atoms with Crippen molar-refractivity contribution in [2.24, 2.45) is 0 Å². The summed E-state index contributed by atoms with van der Waals surface area (Å²) < 4.78 is 4.85.